The maximum Gasteiger partial charge on any atom is 0.230 e. The average molecular weight is 432 g/mol. The van der Waals surface area contributed by atoms with E-state index in [1.165, 1.54) is 32.1 Å². The number of carbonyl (C=O) groups excluding carboxylic acids is 1. The van der Waals surface area contributed by atoms with Gasteiger partial charge in [0.25, 0.3) is 0 Å². The molecule has 4 saturated carbocycles. The topological polar surface area (TPSA) is 70.2 Å². The molecule has 6 heteroatoms. The lowest BCUT2D eigenvalue weighted by Crippen LogP contribution is -2.51. The number of hydrogen-bond donors (Lipinski definition) is 2. The molecule has 5 aliphatic rings. The molecule has 1 saturated heterocycles. The van der Waals surface area contributed by atoms with Gasteiger partial charge in [0.15, 0.2) is 0 Å². The fourth-order valence-corrected chi connectivity index (χ4v) is 7.11. The average Bonchev–Trinajstić information content (AvgIpc) is 3.29. The van der Waals surface area contributed by atoms with Crippen LogP contribution in [-0.4, -0.2) is 29.0 Å². The summed E-state index contributed by atoms with van der Waals surface area (Å²) in [7, 11) is 0. The summed E-state index contributed by atoms with van der Waals surface area (Å²) < 4.78 is 0. The zero-order valence-electron chi connectivity index (χ0n) is 18.9. The first-order chi connectivity index (χ1) is 15.5. The lowest BCUT2D eigenvalue weighted by Gasteiger charge is -2.55. The van der Waals surface area contributed by atoms with Gasteiger partial charge in [0.05, 0.1) is 5.41 Å². The maximum absolute atomic E-state index is 13.3. The van der Waals surface area contributed by atoms with Crippen LogP contribution >= 0.6 is 0 Å². The largest absolute Gasteiger partial charge is 0.341 e. The number of nitrogens with zero attached hydrogens (tertiary/aromatic N) is 3. The number of benzene rings is 1. The van der Waals surface area contributed by atoms with Crippen molar-refractivity contribution in [2.24, 2.45) is 23.2 Å². The third kappa shape index (κ3) is 3.74. The van der Waals surface area contributed by atoms with Crippen molar-refractivity contribution in [2.45, 2.75) is 58.3 Å². The van der Waals surface area contributed by atoms with E-state index in [2.05, 4.69) is 20.5 Å². The summed E-state index contributed by atoms with van der Waals surface area (Å²) in [5.74, 6) is 4.20. The Morgan fingerprint density at radius 1 is 0.938 bits per heavy atom. The van der Waals surface area contributed by atoms with Crippen molar-refractivity contribution in [1.82, 2.24) is 9.97 Å². The number of anilines is 4. The lowest BCUT2D eigenvalue weighted by atomic mass is 9.49. The molecule has 0 atom stereocenters. The van der Waals surface area contributed by atoms with Crippen molar-refractivity contribution >= 4 is 29.0 Å². The third-order valence-electron chi connectivity index (χ3n) is 8.17. The third-order valence-corrected chi connectivity index (χ3v) is 8.17. The Labute approximate surface area is 190 Å². The SMILES string of the molecule is Cc1cc(Nc2ccc(NC(=O)C34CC5CC(CC(C5)C3)C4)cc2)nc(N2CCCC2)n1. The van der Waals surface area contributed by atoms with E-state index >= 15 is 0 Å². The zero-order valence-corrected chi connectivity index (χ0v) is 18.9. The fraction of sp³-hybridized carbons (Fsp3) is 0.577. The molecule has 4 bridgehead atoms. The molecule has 5 fully saturated rings. The Kier molecular flexibility index (Phi) is 4.85. The highest BCUT2D eigenvalue weighted by Crippen LogP contribution is 2.60. The van der Waals surface area contributed by atoms with Crippen LogP contribution in [0, 0.1) is 30.1 Å². The number of carbonyl (C=O) groups is 1. The summed E-state index contributed by atoms with van der Waals surface area (Å²) in [5.41, 5.74) is 2.69. The van der Waals surface area contributed by atoms with Gasteiger partial charge >= 0.3 is 0 Å². The van der Waals surface area contributed by atoms with Crippen molar-refractivity contribution in [2.75, 3.05) is 28.6 Å². The van der Waals surface area contributed by atoms with E-state index in [1.54, 1.807) is 0 Å². The number of hydrogen-bond acceptors (Lipinski definition) is 5. The molecule has 2 N–H and O–H groups in total. The molecular weight excluding hydrogens is 398 g/mol. The van der Waals surface area contributed by atoms with Gasteiger partial charge < -0.3 is 15.5 Å². The maximum atomic E-state index is 13.3. The van der Waals surface area contributed by atoms with Crippen molar-refractivity contribution in [3.05, 3.63) is 36.0 Å². The smallest absolute Gasteiger partial charge is 0.230 e. The van der Waals surface area contributed by atoms with E-state index in [0.29, 0.717) is 0 Å². The van der Waals surface area contributed by atoms with Crippen molar-refractivity contribution in [3.63, 3.8) is 0 Å². The molecule has 7 rings (SSSR count). The fourth-order valence-electron chi connectivity index (χ4n) is 7.11. The summed E-state index contributed by atoms with van der Waals surface area (Å²) >= 11 is 0. The molecule has 1 aromatic heterocycles. The minimum atomic E-state index is -0.115. The van der Waals surface area contributed by atoms with Crippen LogP contribution in [0.25, 0.3) is 0 Å². The van der Waals surface area contributed by atoms with Crippen molar-refractivity contribution in [3.8, 4) is 0 Å². The molecule has 2 aromatic rings. The van der Waals surface area contributed by atoms with Crippen molar-refractivity contribution < 1.29 is 4.79 Å². The highest BCUT2D eigenvalue weighted by Gasteiger charge is 2.54. The lowest BCUT2D eigenvalue weighted by molar-refractivity contribution is -0.140. The molecule has 2 heterocycles. The van der Waals surface area contributed by atoms with E-state index in [0.717, 1.165) is 78.9 Å². The molecule has 1 aromatic carbocycles. The van der Waals surface area contributed by atoms with E-state index in [-0.39, 0.29) is 11.3 Å². The molecule has 6 nitrogen and oxygen atoms in total. The van der Waals surface area contributed by atoms with Gasteiger partial charge in [-0.2, -0.15) is 4.98 Å². The van der Waals surface area contributed by atoms with Gasteiger partial charge in [-0.1, -0.05) is 0 Å². The molecular formula is C26H33N5O. The van der Waals surface area contributed by atoms with Crippen LogP contribution < -0.4 is 15.5 Å². The second-order valence-corrected chi connectivity index (χ2v) is 10.7. The van der Waals surface area contributed by atoms with Crippen LogP contribution in [0.3, 0.4) is 0 Å². The van der Waals surface area contributed by atoms with E-state index < -0.39 is 0 Å². The van der Waals surface area contributed by atoms with Gasteiger partial charge in [-0.3, -0.25) is 4.79 Å². The Morgan fingerprint density at radius 3 is 2.16 bits per heavy atom. The van der Waals surface area contributed by atoms with E-state index in [1.807, 2.05) is 37.3 Å². The second kappa shape index (κ2) is 7.75. The van der Waals surface area contributed by atoms with Gasteiger partial charge in [-0.05, 0) is 100 Å². The number of amides is 1. The molecule has 0 radical (unpaired) electrons. The summed E-state index contributed by atoms with van der Waals surface area (Å²) in [6.07, 6.45) is 9.76. The van der Waals surface area contributed by atoms with Gasteiger partial charge in [-0.15, -0.1) is 0 Å². The van der Waals surface area contributed by atoms with E-state index in [4.69, 9.17) is 4.98 Å². The first-order valence-corrected chi connectivity index (χ1v) is 12.3. The monoisotopic (exact) mass is 431 g/mol. The number of rotatable bonds is 5. The Bertz CT molecular complexity index is 976. The highest BCUT2D eigenvalue weighted by molar-refractivity contribution is 5.95. The van der Waals surface area contributed by atoms with Crippen molar-refractivity contribution in [1.29, 1.82) is 0 Å². The molecule has 0 unspecified atom stereocenters. The Hall–Kier alpha value is -2.63. The Morgan fingerprint density at radius 2 is 1.53 bits per heavy atom. The number of nitrogens with one attached hydrogen (secondary N) is 2. The van der Waals surface area contributed by atoms with Gasteiger partial charge in [0, 0.05) is 36.2 Å². The Balaban J connectivity index is 1.13. The minimum absolute atomic E-state index is 0.115. The van der Waals surface area contributed by atoms with Crippen LogP contribution in [0.1, 0.15) is 57.1 Å². The first kappa shape index (κ1) is 20.0. The van der Waals surface area contributed by atoms with Gasteiger partial charge in [-0.25, -0.2) is 4.98 Å². The molecule has 32 heavy (non-hydrogen) atoms. The summed E-state index contributed by atoms with van der Waals surface area (Å²) in [6, 6.07) is 10.00. The van der Waals surface area contributed by atoms with Crippen LogP contribution in [0.15, 0.2) is 30.3 Å². The number of aryl methyl sites for hydroxylation is 1. The molecule has 1 amide bonds. The van der Waals surface area contributed by atoms with Crippen LogP contribution in [0.4, 0.5) is 23.1 Å². The minimum Gasteiger partial charge on any atom is -0.341 e. The standard InChI is InChI=1S/C26H33N5O/c1-17-10-23(30-25(27-17)31-8-2-3-9-31)28-21-4-6-22(7-5-21)29-24(32)26-14-18-11-19(15-26)13-20(12-18)16-26/h4-7,10,18-20H,2-3,8-9,11-16H2,1H3,(H,29,32)(H,27,28,30). The molecule has 168 valence electrons. The van der Waals surface area contributed by atoms with Crippen LogP contribution in [0.2, 0.25) is 0 Å². The zero-order chi connectivity index (χ0) is 21.7. The highest BCUT2D eigenvalue weighted by atomic mass is 16.2. The molecule has 4 aliphatic carbocycles. The summed E-state index contributed by atoms with van der Waals surface area (Å²) in [5, 5.41) is 6.65. The quantitative estimate of drug-likeness (QED) is 0.674. The normalized spacial score (nSPS) is 30.5. The predicted octanol–water partition coefficient (Wildman–Crippen LogP) is 5.28. The van der Waals surface area contributed by atoms with Crippen LogP contribution in [-0.2, 0) is 4.79 Å². The van der Waals surface area contributed by atoms with Gasteiger partial charge in [0.1, 0.15) is 5.82 Å². The predicted molar refractivity (Wildman–Crippen MR) is 127 cm³/mol. The van der Waals surface area contributed by atoms with Crippen LogP contribution in [0.5, 0.6) is 0 Å². The van der Waals surface area contributed by atoms with E-state index in [9.17, 15) is 4.79 Å². The summed E-state index contributed by atoms with van der Waals surface area (Å²) in [6.45, 7) is 4.07. The first-order valence-electron chi connectivity index (χ1n) is 12.3. The van der Waals surface area contributed by atoms with Gasteiger partial charge in [0.2, 0.25) is 11.9 Å². The second-order valence-electron chi connectivity index (χ2n) is 10.7. The summed E-state index contributed by atoms with van der Waals surface area (Å²) in [4.78, 5) is 24.9. The number of aromatic nitrogens is 2. The molecule has 1 aliphatic heterocycles. The molecule has 0 spiro atoms.